The molecule has 4 atom stereocenters. The molecule has 2 aliphatic heterocycles. The second kappa shape index (κ2) is 12.9. The van der Waals surface area contributed by atoms with Crippen LogP contribution in [0.25, 0.3) is 0 Å². The average Bonchev–Trinajstić information content (AvgIpc) is 3.67. The predicted octanol–water partition coefficient (Wildman–Crippen LogP) is 2.00. The summed E-state index contributed by atoms with van der Waals surface area (Å²) < 4.78 is 13.0. The molecule has 1 aromatic carbocycles. The number of carbonyl (C=O) groups is 4. The van der Waals surface area contributed by atoms with Crippen LogP contribution in [0.5, 0.6) is 0 Å². The van der Waals surface area contributed by atoms with Gasteiger partial charge in [-0.25, -0.2) is 19.2 Å². The van der Waals surface area contributed by atoms with Gasteiger partial charge >= 0.3 is 23.9 Å². The van der Waals surface area contributed by atoms with Crippen LogP contribution in [0, 0.1) is 23.7 Å². The number of ether oxygens (including phenoxy) is 3. The number of benzene rings is 1. The van der Waals surface area contributed by atoms with E-state index in [-0.39, 0.29) is 13.2 Å². The van der Waals surface area contributed by atoms with Crippen LogP contribution in [0.4, 0.5) is 0 Å². The van der Waals surface area contributed by atoms with E-state index in [1.807, 2.05) is 0 Å². The fraction of sp³-hybridized carbons (Fsp3) is 0.385. The number of fused-ring (bicyclic) bond motifs is 6. The molecule has 6 rings (SSSR count). The summed E-state index contributed by atoms with van der Waals surface area (Å²) in [4.78, 5) is 41.5. The molecule has 0 radical (unpaired) electrons. The first-order valence-electron chi connectivity index (χ1n) is 11.4. The Morgan fingerprint density at radius 2 is 1.37 bits per heavy atom. The van der Waals surface area contributed by atoms with Gasteiger partial charge in [-0.15, -0.1) is 0 Å². The number of aliphatic hydroxyl groups is 2. The number of carbonyl (C=O) groups excluding carboxylic acids is 4. The molecule has 1 aromatic rings. The monoisotopic (exact) mass is 484 g/mol. The third-order valence-electron chi connectivity index (χ3n) is 6.04. The van der Waals surface area contributed by atoms with Crippen molar-refractivity contribution in [3.05, 3.63) is 71.8 Å². The van der Waals surface area contributed by atoms with Crippen molar-refractivity contribution in [2.75, 3.05) is 26.4 Å². The van der Waals surface area contributed by atoms with Gasteiger partial charge in [0.1, 0.15) is 0 Å². The lowest BCUT2D eigenvalue weighted by Crippen LogP contribution is -2.12. The number of allylic oxidation sites excluding steroid dienone is 4. The highest BCUT2D eigenvalue weighted by Gasteiger charge is 2.44. The van der Waals surface area contributed by atoms with Gasteiger partial charge in [-0.05, 0) is 48.6 Å². The summed E-state index contributed by atoms with van der Waals surface area (Å²) in [5.74, 6) is 1.56. The van der Waals surface area contributed by atoms with Crippen LogP contribution in [-0.2, 0) is 23.8 Å². The molecule has 3 aliphatic carbocycles. The standard InChI is InChI=1S/C10H12.C8H4O3.C4H2O3.C4H10O3/c1-2-9-7-4-5-8(6-7)10(9)3-1;9-7-5-3-1-2-4-6(5)8(10)11-7;5-3-1-2-4(6)7-3;5-1-3-7-4-2-6/h1-2,4-5,7-10H,3,6H2;1-4H;1-2H;5-6H,1-4H2. The predicted molar refractivity (Wildman–Crippen MR) is 123 cm³/mol. The summed E-state index contributed by atoms with van der Waals surface area (Å²) in [5.41, 5.74) is 0.718. The van der Waals surface area contributed by atoms with Gasteiger partial charge in [-0.1, -0.05) is 36.4 Å². The van der Waals surface area contributed by atoms with E-state index in [1.165, 1.54) is 12.8 Å². The van der Waals surface area contributed by atoms with Crippen molar-refractivity contribution in [3.63, 3.8) is 0 Å². The van der Waals surface area contributed by atoms with E-state index < -0.39 is 23.9 Å². The molecule has 0 amide bonds. The molecule has 1 saturated carbocycles. The first kappa shape index (κ1) is 26.2. The van der Waals surface area contributed by atoms with E-state index in [4.69, 9.17) is 10.2 Å². The molecule has 0 spiro atoms. The fourth-order valence-corrected chi connectivity index (χ4v) is 4.54. The second-order valence-corrected chi connectivity index (χ2v) is 8.21. The summed E-state index contributed by atoms with van der Waals surface area (Å²) in [6.07, 6.45) is 14.7. The van der Waals surface area contributed by atoms with E-state index in [1.54, 1.807) is 24.3 Å². The molecule has 186 valence electrons. The summed E-state index contributed by atoms with van der Waals surface area (Å²) >= 11 is 0. The molecule has 2 bridgehead atoms. The van der Waals surface area contributed by atoms with Crippen molar-refractivity contribution < 1.29 is 43.6 Å². The average molecular weight is 485 g/mol. The number of rotatable bonds is 4. The molecule has 35 heavy (non-hydrogen) atoms. The van der Waals surface area contributed by atoms with Gasteiger partial charge in [0.05, 0.1) is 37.6 Å². The van der Waals surface area contributed by atoms with Gasteiger partial charge in [0.25, 0.3) is 0 Å². The van der Waals surface area contributed by atoms with Gasteiger partial charge in [-0.2, -0.15) is 0 Å². The molecular formula is C26H28O9. The minimum absolute atomic E-state index is 0.0278. The highest BCUT2D eigenvalue weighted by atomic mass is 16.6. The van der Waals surface area contributed by atoms with Crippen LogP contribution in [0.3, 0.4) is 0 Å². The maximum absolute atomic E-state index is 10.8. The fourth-order valence-electron chi connectivity index (χ4n) is 4.54. The molecule has 9 heteroatoms. The van der Waals surface area contributed by atoms with Gasteiger partial charge in [0.15, 0.2) is 0 Å². The van der Waals surface area contributed by atoms with Crippen molar-refractivity contribution in [1.82, 2.24) is 0 Å². The second-order valence-electron chi connectivity index (χ2n) is 8.21. The lowest BCUT2D eigenvalue weighted by molar-refractivity contribution is -0.150. The Kier molecular flexibility index (Phi) is 9.66. The maximum Gasteiger partial charge on any atom is 0.346 e. The Morgan fingerprint density at radius 3 is 1.86 bits per heavy atom. The van der Waals surface area contributed by atoms with Gasteiger partial charge < -0.3 is 24.4 Å². The number of aliphatic hydroxyl groups excluding tert-OH is 2. The topological polar surface area (TPSA) is 136 Å². The van der Waals surface area contributed by atoms with Crippen molar-refractivity contribution in [2.24, 2.45) is 23.7 Å². The molecule has 4 unspecified atom stereocenters. The third-order valence-corrected chi connectivity index (χ3v) is 6.04. The molecule has 1 fully saturated rings. The summed E-state index contributed by atoms with van der Waals surface area (Å²) in [7, 11) is 0. The summed E-state index contributed by atoms with van der Waals surface area (Å²) in [6, 6.07) is 6.53. The normalized spacial score (nSPS) is 25.5. The SMILES string of the molecule is C1=CC2C3C=CC(C3)C2C1.O=C1C=CC(=O)O1.O=C1OC(=O)c2ccccc21.OCCOCCO. The molecule has 5 aliphatic rings. The lowest BCUT2D eigenvalue weighted by Gasteiger charge is -2.18. The van der Waals surface area contributed by atoms with E-state index in [2.05, 4.69) is 38.5 Å². The zero-order chi connectivity index (χ0) is 25.2. The van der Waals surface area contributed by atoms with Crippen LogP contribution in [0.1, 0.15) is 33.6 Å². The van der Waals surface area contributed by atoms with Crippen LogP contribution in [0.2, 0.25) is 0 Å². The highest BCUT2D eigenvalue weighted by Crippen LogP contribution is 2.52. The maximum atomic E-state index is 10.8. The Hall–Kier alpha value is -3.40. The van der Waals surface area contributed by atoms with Crippen molar-refractivity contribution in [2.45, 2.75) is 12.8 Å². The minimum Gasteiger partial charge on any atom is -0.394 e. The smallest absolute Gasteiger partial charge is 0.346 e. The van der Waals surface area contributed by atoms with Gasteiger partial charge in [0, 0.05) is 12.2 Å². The quantitative estimate of drug-likeness (QED) is 0.284. The van der Waals surface area contributed by atoms with Gasteiger partial charge in [-0.3, -0.25) is 0 Å². The molecule has 0 aromatic heterocycles. The Labute approximate surface area is 202 Å². The van der Waals surface area contributed by atoms with Crippen LogP contribution in [0.15, 0.2) is 60.7 Å². The van der Waals surface area contributed by atoms with Gasteiger partial charge in [0.2, 0.25) is 0 Å². The zero-order valence-electron chi connectivity index (χ0n) is 19.1. The lowest BCUT2D eigenvalue weighted by atomic mass is 9.86. The molecular weight excluding hydrogens is 456 g/mol. The van der Waals surface area contributed by atoms with Crippen molar-refractivity contribution >= 4 is 23.9 Å². The van der Waals surface area contributed by atoms with Crippen LogP contribution < -0.4 is 0 Å². The van der Waals surface area contributed by atoms with Crippen molar-refractivity contribution in [1.29, 1.82) is 0 Å². The number of cyclic esters (lactones) is 4. The summed E-state index contributed by atoms with van der Waals surface area (Å²) in [5, 5.41) is 16.2. The third kappa shape index (κ3) is 7.05. The minimum atomic E-state index is -0.579. The first-order chi connectivity index (χ1) is 16.9. The highest BCUT2D eigenvalue weighted by molar-refractivity contribution is 6.14. The number of hydrogen-bond acceptors (Lipinski definition) is 9. The van der Waals surface area contributed by atoms with Crippen molar-refractivity contribution in [3.8, 4) is 0 Å². The molecule has 2 N–H and O–H groups in total. The Morgan fingerprint density at radius 1 is 0.800 bits per heavy atom. The van der Waals surface area contributed by atoms with E-state index in [0.717, 1.165) is 35.8 Å². The first-order valence-corrected chi connectivity index (χ1v) is 11.4. The number of esters is 4. The largest absolute Gasteiger partial charge is 0.394 e. The zero-order valence-corrected chi connectivity index (χ0v) is 19.1. The molecule has 9 nitrogen and oxygen atoms in total. The van der Waals surface area contributed by atoms with Crippen LogP contribution >= 0.6 is 0 Å². The molecule has 0 saturated heterocycles. The van der Waals surface area contributed by atoms with E-state index in [9.17, 15) is 19.2 Å². The Bertz CT molecular complexity index is 970. The van der Waals surface area contributed by atoms with E-state index >= 15 is 0 Å². The number of hydrogen-bond donors (Lipinski definition) is 2. The molecule has 2 heterocycles. The summed E-state index contributed by atoms with van der Waals surface area (Å²) in [6.45, 7) is 0.696. The van der Waals surface area contributed by atoms with Crippen LogP contribution in [-0.4, -0.2) is 60.5 Å². The Balaban J connectivity index is 0.000000134. The van der Waals surface area contributed by atoms with E-state index in [0.29, 0.717) is 24.3 Å².